The number of nitrogens with zero attached hydrogens (tertiary/aromatic N) is 4. The molecule has 0 unspecified atom stereocenters. The van der Waals surface area contributed by atoms with Gasteiger partial charge in [0.25, 0.3) is 11.5 Å². The monoisotopic (exact) mass is 460 g/mol. The van der Waals surface area contributed by atoms with E-state index in [4.69, 9.17) is 17.0 Å². The molecule has 0 aromatic carbocycles. The number of rotatable bonds is 7. The van der Waals surface area contributed by atoms with E-state index in [0.29, 0.717) is 54.2 Å². The molecule has 3 heterocycles. The van der Waals surface area contributed by atoms with Crippen molar-refractivity contribution in [2.45, 2.75) is 46.6 Å². The average molecular weight is 461 g/mol. The third-order valence-corrected chi connectivity index (χ3v) is 6.99. The molecule has 0 aliphatic carbocycles. The van der Waals surface area contributed by atoms with E-state index in [1.165, 1.54) is 11.8 Å². The number of unbranched alkanes of at least 4 members (excludes halogenated alkanes) is 2. The summed E-state index contributed by atoms with van der Waals surface area (Å²) in [5, 5.41) is 9.64. The topological polar surface area (TPSA) is 78.6 Å². The van der Waals surface area contributed by atoms with Crippen LogP contribution >= 0.6 is 24.0 Å². The zero-order valence-corrected chi connectivity index (χ0v) is 19.9. The summed E-state index contributed by atoms with van der Waals surface area (Å²) >= 11 is 6.75. The smallest absolute Gasteiger partial charge is 0.270 e. The number of amides is 1. The van der Waals surface area contributed by atoms with Crippen molar-refractivity contribution in [3.63, 3.8) is 0 Å². The lowest BCUT2D eigenvalue weighted by atomic mass is 10.0. The third-order valence-electron chi connectivity index (χ3n) is 5.61. The fourth-order valence-electron chi connectivity index (χ4n) is 3.90. The summed E-state index contributed by atoms with van der Waals surface area (Å²) < 4.78 is 7.67. The van der Waals surface area contributed by atoms with Gasteiger partial charge in [0.05, 0.1) is 18.1 Å². The van der Waals surface area contributed by atoms with E-state index in [2.05, 4.69) is 17.9 Å². The van der Waals surface area contributed by atoms with Crippen molar-refractivity contribution in [1.82, 2.24) is 9.47 Å². The SMILES string of the molecule is CCCCCN1C(=O)/C(=C/c2c(C)c(C#N)c(=O)n(CC)c2N2CCOCC2)SC1=S. The van der Waals surface area contributed by atoms with Gasteiger partial charge in [-0.2, -0.15) is 5.26 Å². The van der Waals surface area contributed by atoms with Crippen molar-refractivity contribution in [2.24, 2.45) is 0 Å². The van der Waals surface area contributed by atoms with E-state index >= 15 is 0 Å². The lowest BCUT2D eigenvalue weighted by Crippen LogP contribution is -2.41. The number of carbonyl (C=O) groups is 1. The van der Waals surface area contributed by atoms with E-state index in [1.54, 1.807) is 16.4 Å². The summed E-state index contributed by atoms with van der Waals surface area (Å²) in [6.07, 6.45) is 4.84. The largest absolute Gasteiger partial charge is 0.378 e. The van der Waals surface area contributed by atoms with Crippen LogP contribution in [-0.4, -0.2) is 52.5 Å². The van der Waals surface area contributed by atoms with Crippen LogP contribution in [0.3, 0.4) is 0 Å². The maximum atomic E-state index is 13.1. The normalized spacial score (nSPS) is 18.2. The summed E-state index contributed by atoms with van der Waals surface area (Å²) in [5.41, 5.74) is 1.14. The molecule has 166 valence electrons. The third kappa shape index (κ3) is 4.71. The van der Waals surface area contributed by atoms with E-state index in [0.717, 1.165) is 30.6 Å². The van der Waals surface area contributed by atoms with Crippen molar-refractivity contribution in [1.29, 1.82) is 5.26 Å². The number of morpholine rings is 1. The molecule has 1 aromatic heterocycles. The van der Waals surface area contributed by atoms with Crippen molar-refractivity contribution in [2.75, 3.05) is 37.7 Å². The molecule has 0 spiro atoms. The van der Waals surface area contributed by atoms with Crippen LogP contribution in [-0.2, 0) is 16.1 Å². The Morgan fingerprint density at radius 2 is 1.94 bits per heavy atom. The number of thioether (sulfide) groups is 1. The van der Waals surface area contributed by atoms with Gasteiger partial charge < -0.3 is 9.64 Å². The van der Waals surface area contributed by atoms with Crippen LogP contribution < -0.4 is 10.5 Å². The van der Waals surface area contributed by atoms with Gasteiger partial charge in [0.2, 0.25) is 0 Å². The number of aromatic nitrogens is 1. The van der Waals surface area contributed by atoms with Crippen molar-refractivity contribution >= 4 is 46.1 Å². The van der Waals surface area contributed by atoms with Crippen LogP contribution in [0, 0.1) is 18.3 Å². The van der Waals surface area contributed by atoms with Gasteiger partial charge >= 0.3 is 0 Å². The number of hydrogen-bond donors (Lipinski definition) is 0. The minimum atomic E-state index is -0.298. The molecule has 0 radical (unpaired) electrons. The Bertz CT molecular complexity index is 1000. The number of thiocarbonyl (C=S) groups is 1. The van der Waals surface area contributed by atoms with Gasteiger partial charge in [0.1, 0.15) is 21.8 Å². The van der Waals surface area contributed by atoms with E-state index in [9.17, 15) is 14.9 Å². The fourth-order valence-corrected chi connectivity index (χ4v) is 5.19. The first-order valence-electron chi connectivity index (χ1n) is 10.7. The maximum absolute atomic E-state index is 13.1. The van der Waals surface area contributed by atoms with Gasteiger partial charge in [-0.1, -0.05) is 43.7 Å². The van der Waals surface area contributed by atoms with E-state index in [-0.39, 0.29) is 17.0 Å². The van der Waals surface area contributed by atoms with Crippen LogP contribution in [0.5, 0.6) is 0 Å². The van der Waals surface area contributed by atoms with Gasteiger partial charge in [0, 0.05) is 31.7 Å². The molecule has 0 N–H and O–H groups in total. The Kier molecular flexibility index (Phi) is 7.92. The van der Waals surface area contributed by atoms with Gasteiger partial charge in [-0.15, -0.1) is 0 Å². The second-order valence-corrected chi connectivity index (χ2v) is 9.21. The molecule has 2 aliphatic heterocycles. The summed E-state index contributed by atoms with van der Waals surface area (Å²) in [5.74, 6) is 0.634. The van der Waals surface area contributed by atoms with E-state index in [1.807, 2.05) is 13.0 Å². The Hall–Kier alpha value is -2.15. The number of hydrogen-bond acceptors (Lipinski definition) is 7. The highest BCUT2D eigenvalue weighted by Gasteiger charge is 2.33. The second kappa shape index (κ2) is 10.4. The van der Waals surface area contributed by atoms with Gasteiger partial charge in [-0.25, -0.2) is 0 Å². The van der Waals surface area contributed by atoms with Crippen LogP contribution in [0.25, 0.3) is 6.08 Å². The maximum Gasteiger partial charge on any atom is 0.270 e. The fraction of sp³-hybridized carbons (Fsp3) is 0.545. The molecule has 1 amide bonds. The highest BCUT2D eigenvalue weighted by molar-refractivity contribution is 8.26. The highest BCUT2D eigenvalue weighted by Crippen LogP contribution is 2.36. The predicted molar refractivity (Wildman–Crippen MR) is 128 cm³/mol. The lowest BCUT2D eigenvalue weighted by Gasteiger charge is -2.33. The molecule has 3 rings (SSSR count). The minimum absolute atomic E-state index is 0.105. The molecular weight excluding hydrogens is 432 g/mol. The summed E-state index contributed by atoms with van der Waals surface area (Å²) in [4.78, 5) is 30.4. The second-order valence-electron chi connectivity index (χ2n) is 7.54. The van der Waals surface area contributed by atoms with Crippen LogP contribution in [0.2, 0.25) is 0 Å². The molecular formula is C22H28N4O3S2. The summed E-state index contributed by atoms with van der Waals surface area (Å²) in [6, 6.07) is 2.06. The molecule has 0 saturated carbocycles. The van der Waals surface area contributed by atoms with Crippen LogP contribution in [0.15, 0.2) is 9.70 Å². The Morgan fingerprint density at radius 1 is 1.23 bits per heavy atom. The lowest BCUT2D eigenvalue weighted by molar-refractivity contribution is -0.122. The van der Waals surface area contributed by atoms with Gasteiger partial charge in [-0.3, -0.25) is 19.1 Å². The Labute approximate surface area is 192 Å². The zero-order chi connectivity index (χ0) is 22.5. The minimum Gasteiger partial charge on any atom is -0.378 e. The van der Waals surface area contributed by atoms with Gasteiger partial charge in [0.15, 0.2) is 0 Å². The molecule has 2 fully saturated rings. The van der Waals surface area contributed by atoms with Crippen molar-refractivity contribution < 1.29 is 9.53 Å². The summed E-state index contributed by atoms with van der Waals surface area (Å²) in [6.45, 7) is 9.24. The number of anilines is 1. The van der Waals surface area contributed by atoms with Crippen LogP contribution in [0.4, 0.5) is 5.82 Å². The quantitative estimate of drug-likeness (QED) is 0.351. The van der Waals surface area contributed by atoms with Gasteiger partial charge in [-0.05, 0) is 31.9 Å². The highest BCUT2D eigenvalue weighted by atomic mass is 32.2. The van der Waals surface area contributed by atoms with Crippen molar-refractivity contribution in [3.8, 4) is 6.07 Å². The van der Waals surface area contributed by atoms with Crippen LogP contribution in [0.1, 0.15) is 49.8 Å². The molecule has 2 saturated heterocycles. The summed E-state index contributed by atoms with van der Waals surface area (Å²) in [7, 11) is 0. The molecule has 9 heteroatoms. The number of nitriles is 1. The molecule has 2 aliphatic rings. The number of pyridine rings is 1. The Balaban J connectivity index is 2.11. The first-order chi connectivity index (χ1) is 14.9. The standard InChI is InChI=1S/C22H28N4O3S2/c1-4-6-7-8-26-21(28)18(31-22(26)30)13-16-15(3)17(14-23)20(27)25(5-2)19(16)24-9-11-29-12-10-24/h13H,4-12H2,1-3H3/b18-13-. The first-order valence-corrected chi connectivity index (χ1v) is 11.9. The number of ether oxygens (including phenoxy) is 1. The first kappa shape index (κ1) is 23.5. The Morgan fingerprint density at radius 3 is 2.55 bits per heavy atom. The molecule has 7 nitrogen and oxygen atoms in total. The molecule has 31 heavy (non-hydrogen) atoms. The number of carbonyl (C=O) groups excluding carboxylic acids is 1. The zero-order valence-electron chi connectivity index (χ0n) is 18.3. The predicted octanol–water partition coefficient (Wildman–Crippen LogP) is 3.28. The molecule has 0 atom stereocenters. The molecule has 1 aromatic rings. The van der Waals surface area contributed by atoms with Crippen molar-refractivity contribution in [3.05, 3.63) is 31.9 Å². The molecule has 0 bridgehead atoms. The van der Waals surface area contributed by atoms with E-state index < -0.39 is 0 Å². The average Bonchev–Trinajstić information content (AvgIpc) is 3.03.